The average Bonchev–Trinajstić information content (AvgIpc) is 2.62. The molecule has 0 aromatic heterocycles. The van der Waals surface area contributed by atoms with Crippen LogP contribution in [0.3, 0.4) is 0 Å². The second kappa shape index (κ2) is 6.84. The molecule has 0 aliphatic carbocycles. The molecular weight excluding hydrogens is 328 g/mol. The Morgan fingerprint density at radius 2 is 1.92 bits per heavy atom. The van der Waals surface area contributed by atoms with E-state index in [0.717, 1.165) is 12.0 Å². The Morgan fingerprint density at radius 1 is 1.17 bits per heavy atom. The van der Waals surface area contributed by atoms with Gasteiger partial charge in [0.05, 0.1) is 15.5 Å². The number of nitro groups is 1. The first-order valence-electron chi connectivity index (χ1n) is 7.54. The summed E-state index contributed by atoms with van der Waals surface area (Å²) < 4.78 is 0. The van der Waals surface area contributed by atoms with Crippen LogP contribution in [0.5, 0.6) is 0 Å². The molecule has 0 saturated carbocycles. The van der Waals surface area contributed by atoms with Crippen molar-refractivity contribution in [2.75, 3.05) is 13.1 Å². The third-order valence-electron chi connectivity index (χ3n) is 4.03. The summed E-state index contributed by atoms with van der Waals surface area (Å²) >= 11 is 6.04. The predicted molar refractivity (Wildman–Crippen MR) is 93.0 cm³/mol. The number of non-ortho nitro benzene ring substituents is 1. The molecule has 0 N–H and O–H groups in total. The SMILES string of the molecule is O=C(c1ccc([N+](=O)[O-])cc1Cl)N1CC=C(c2ccccc2)CC1. The number of nitro benzene ring substituents is 1. The molecule has 6 heteroatoms. The van der Waals surface area contributed by atoms with Crippen molar-refractivity contribution in [2.45, 2.75) is 6.42 Å². The molecule has 1 amide bonds. The molecule has 1 heterocycles. The van der Waals surface area contributed by atoms with E-state index < -0.39 is 4.92 Å². The van der Waals surface area contributed by atoms with Gasteiger partial charge in [-0.15, -0.1) is 0 Å². The summed E-state index contributed by atoms with van der Waals surface area (Å²) in [7, 11) is 0. The van der Waals surface area contributed by atoms with Crippen molar-refractivity contribution >= 4 is 28.8 Å². The molecule has 0 bridgehead atoms. The van der Waals surface area contributed by atoms with Crippen LogP contribution in [0.15, 0.2) is 54.6 Å². The minimum Gasteiger partial charge on any atom is -0.335 e. The van der Waals surface area contributed by atoms with E-state index in [0.29, 0.717) is 18.7 Å². The zero-order chi connectivity index (χ0) is 17.1. The molecule has 3 rings (SSSR count). The smallest absolute Gasteiger partial charge is 0.270 e. The Morgan fingerprint density at radius 3 is 2.50 bits per heavy atom. The minimum atomic E-state index is -0.532. The lowest BCUT2D eigenvalue weighted by molar-refractivity contribution is -0.384. The maximum Gasteiger partial charge on any atom is 0.270 e. The topological polar surface area (TPSA) is 63.4 Å². The van der Waals surface area contributed by atoms with Gasteiger partial charge in [0.25, 0.3) is 11.6 Å². The summed E-state index contributed by atoms with van der Waals surface area (Å²) in [5.74, 6) is -0.210. The Labute approximate surface area is 144 Å². The van der Waals surface area contributed by atoms with Crippen LogP contribution in [0, 0.1) is 10.1 Å². The van der Waals surface area contributed by atoms with Gasteiger partial charge in [-0.1, -0.05) is 48.0 Å². The van der Waals surface area contributed by atoms with Crippen LogP contribution in [0.4, 0.5) is 5.69 Å². The molecule has 122 valence electrons. The highest BCUT2D eigenvalue weighted by molar-refractivity contribution is 6.34. The lowest BCUT2D eigenvalue weighted by Gasteiger charge is -2.27. The molecule has 0 unspecified atom stereocenters. The Hall–Kier alpha value is -2.66. The number of nitrogens with zero attached hydrogens (tertiary/aromatic N) is 2. The summed E-state index contributed by atoms with van der Waals surface area (Å²) in [6.45, 7) is 1.09. The van der Waals surface area contributed by atoms with Gasteiger partial charge in [0.15, 0.2) is 0 Å². The second-order valence-electron chi connectivity index (χ2n) is 5.52. The Kier molecular flexibility index (Phi) is 4.62. The summed E-state index contributed by atoms with van der Waals surface area (Å²) in [5, 5.41) is 10.9. The fraction of sp³-hybridized carbons (Fsp3) is 0.167. The second-order valence-corrected chi connectivity index (χ2v) is 5.93. The summed E-state index contributed by atoms with van der Waals surface area (Å²) in [5.41, 5.74) is 2.55. The quantitative estimate of drug-likeness (QED) is 0.621. The first-order valence-corrected chi connectivity index (χ1v) is 7.92. The van der Waals surface area contributed by atoms with E-state index in [1.807, 2.05) is 24.3 Å². The Bertz CT molecular complexity index is 818. The van der Waals surface area contributed by atoms with Gasteiger partial charge in [-0.3, -0.25) is 14.9 Å². The van der Waals surface area contributed by atoms with Crippen LogP contribution in [0.25, 0.3) is 5.57 Å². The number of halogens is 1. The van der Waals surface area contributed by atoms with Crippen LogP contribution >= 0.6 is 11.6 Å². The standard InChI is InChI=1S/C18H15ClN2O3/c19-17-12-15(21(23)24)6-7-16(17)18(22)20-10-8-14(9-11-20)13-4-2-1-3-5-13/h1-8,12H,9-11H2. The molecule has 0 atom stereocenters. The molecule has 0 spiro atoms. The number of hydrogen-bond acceptors (Lipinski definition) is 3. The van der Waals surface area contributed by atoms with Crippen molar-refractivity contribution in [3.05, 3.63) is 80.9 Å². The van der Waals surface area contributed by atoms with E-state index in [9.17, 15) is 14.9 Å². The predicted octanol–water partition coefficient (Wildman–Crippen LogP) is 4.18. The fourth-order valence-electron chi connectivity index (χ4n) is 2.73. The van der Waals surface area contributed by atoms with Gasteiger partial charge in [-0.25, -0.2) is 0 Å². The highest BCUT2D eigenvalue weighted by atomic mass is 35.5. The lowest BCUT2D eigenvalue weighted by atomic mass is 9.99. The largest absolute Gasteiger partial charge is 0.335 e. The van der Waals surface area contributed by atoms with Gasteiger partial charge in [-0.2, -0.15) is 0 Å². The van der Waals surface area contributed by atoms with Crippen LogP contribution in [0.2, 0.25) is 5.02 Å². The normalized spacial score (nSPS) is 14.2. The van der Waals surface area contributed by atoms with E-state index in [1.165, 1.54) is 23.8 Å². The molecule has 0 fully saturated rings. The van der Waals surface area contributed by atoms with Crippen molar-refractivity contribution in [2.24, 2.45) is 0 Å². The molecular formula is C18H15ClN2O3. The van der Waals surface area contributed by atoms with Gasteiger partial charge < -0.3 is 4.90 Å². The van der Waals surface area contributed by atoms with E-state index >= 15 is 0 Å². The van der Waals surface area contributed by atoms with Crippen LogP contribution in [0.1, 0.15) is 22.3 Å². The molecule has 2 aromatic rings. The van der Waals surface area contributed by atoms with Crippen molar-refractivity contribution < 1.29 is 9.72 Å². The first kappa shape index (κ1) is 16.2. The maximum atomic E-state index is 12.6. The zero-order valence-corrected chi connectivity index (χ0v) is 13.6. The summed E-state index contributed by atoms with van der Waals surface area (Å²) in [4.78, 5) is 24.5. The molecule has 1 aliphatic rings. The van der Waals surface area contributed by atoms with Crippen molar-refractivity contribution in [3.8, 4) is 0 Å². The van der Waals surface area contributed by atoms with Crippen molar-refractivity contribution in [3.63, 3.8) is 0 Å². The zero-order valence-electron chi connectivity index (χ0n) is 12.8. The summed E-state index contributed by atoms with van der Waals surface area (Å²) in [6, 6.07) is 14.0. The van der Waals surface area contributed by atoms with Crippen molar-refractivity contribution in [1.82, 2.24) is 4.90 Å². The molecule has 0 saturated heterocycles. The third-order valence-corrected chi connectivity index (χ3v) is 4.35. The van der Waals surface area contributed by atoms with Crippen LogP contribution in [-0.4, -0.2) is 28.8 Å². The van der Waals surface area contributed by atoms with Crippen molar-refractivity contribution in [1.29, 1.82) is 0 Å². The highest BCUT2D eigenvalue weighted by Gasteiger charge is 2.22. The van der Waals surface area contributed by atoms with Crippen LogP contribution in [-0.2, 0) is 0 Å². The highest BCUT2D eigenvalue weighted by Crippen LogP contribution is 2.26. The van der Waals surface area contributed by atoms with E-state index in [2.05, 4.69) is 12.1 Å². The number of rotatable bonds is 3. The molecule has 2 aromatic carbocycles. The maximum absolute atomic E-state index is 12.6. The van der Waals surface area contributed by atoms with Gasteiger partial charge >= 0.3 is 0 Å². The number of carbonyl (C=O) groups excluding carboxylic acids is 1. The van der Waals surface area contributed by atoms with Gasteiger partial charge in [-0.05, 0) is 23.6 Å². The van der Waals surface area contributed by atoms with Crippen LogP contribution < -0.4 is 0 Å². The number of hydrogen-bond donors (Lipinski definition) is 0. The monoisotopic (exact) mass is 342 g/mol. The van der Waals surface area contributed by atoms with E-state index in [4.69, 9.17) is 11.6 Å². The van der Waals surface area contributed by atoms with Gasteiger partial charge in [0.2, 0.25) is 0 Å². The number of benzene rings is 2. The molecule has 5 nitrogen and oxygen atoms in total. The average molecular weight is 343 g/mol. The van der Waals surface area contributed by atoms with Gasteiger partial charge in [0, 0.05) is 25.2 Å². The molecule has 1 aliphatic heterocycles. The molecule has 0 radical (unpaired) electrons. The third kappa shape index (κ3) is 3.31. The summed E-state index contributed by atoms with van der Waals surface area (Å²) in [6.07, 6.45) is 2.80. The lowest BCUT2D eigenvalue weighted by Crippen LogP contribution is -2.34. The fourth-order valence-corrected chi connectivity index (χ4v) is 2.99. The number of carbonyl (C=O) groups is 1. The number of amides is 1. The van der Waals surface area contributed by atoms with Gasteiger partial charge in [0.1, 0.15) is 0 Å². The minimum absolute atomic E-state index is 0.104. The van der Waals surface area contributed by atoms with E-state index in [-0.39, 0.29) is 16.6 Å². The Balaban J connectivity index is 1.76. The molecule has 24 heavy (non-hydrogen) atoms. The van der Waals surface area contributed by atoms with E-state index in [1.54, 1.807) is 4.90 Å². The first-order chi connectivity index (χ1) is 11.6.